The van der Waals surface area contributed by atoms with E-state index in [0.717, 1.165) is 0 Å². The van der Waals surface area contributed by atoms with E-state index in [1.54, 1.807) is 6.07 Å². The molecule has 1 aromatic rings. The second kappa shape index (κ2) is 4.60. The molecule has 0 bridgehead atoms. The lowest BCUT2D eigenvalue weighted by Gasteiger charge is -2.10. The molecule has 0 amide bonds. The van der Waals surface area contributed by atoms with E-state index in [0.29, 0.717) is 5.75 Å². The lowest BCUT2D eigenvalue weighted by molar-refractivity contribution is -0.120. The summed E-state index contributed by atoms with van der Waals surface area (Å²) in [6.07, 6.45) is -0.0211. The quantitative estimate of drug-likeness (QED) is 0.695. The molecule has 3 nitrogen and oxygen atoms in total. The van der Waals surface area contributed by atoms with Gasteiger partial charge in [0.2, 0.25) is 0 Å². The Morgan fingerprint density at radius 2 is 2.14 bits per heavy atom. The maximum Gasteiger partial charge on any atom is 0.298 e. The number of hydrogen-bond donors (Lipinski definition) is 0. The van der Waals surface area contributed by atoms with Gasteiger partial charge >= 0.3 is 0 Å². The van der Waals surface area contributed by atoms with Crippen LogP contribution in [0.15, 0.2) is 18.2 Å². The molecule has 0 fully saturated rings. The standard InChI is InChI=1S/C10H11FO3/c1-7(2)14-8-3-4-10(13-6-12)9(11)5-8/h3-7H,1-2H3. The third kappa shape index (κ3) is 2.73. The molecule has 0 atom stereocenters. The molecule has 0 saturated carbocycles. The van der Waals surface area contributed by atoms with E-state index < -0.39 is 5.82 Å². The van der Waals surface area contributed by atoms with Crippen LogP contribution >= 0.6 is 0 Å². The molecule has 0 radical (unpaired) electrons. The fourth-order valence-corrected chi connectivity index (χ4v) is 0.974. The molecule has 14 heavy (non-hydrogen) atoms. The first-order valence-corrected chi connectivity index (χ1v) is 4.20. The molecule has 0 aliphatic carbocycles. The van der Waals surface area contributed by atoms with Crippen molar-refractivity contribution in [2.45, 2.75) is 20.0 Å². The first kappa shape index (κ1) is 10.5. The van der Waals surface area contributed by atoms with Crippen molar-refractivity contribution in [1.82, 2.24) is 0 Å². The summed E-state index contributed by atoms with van der Waals surface area (Å²) in [5, 5.41) is 0. The van der Waals surface area contributed by atoms with Crippen molar-refractivity contribution in [1.29, 1.82) is 0 Å². The van der Waals surface area contributed by atoms with Crippen LogP contribution in [0, 0.1) is 5.82 Å². The lowest BCUT2D eigenvalue weighted by atomic mass is 10.3. The van der Waals surface area contributed by atoms with Crippen LogP contribution in [0.1, 0.15) is 13.8 Å². The topological polar surface area (TPSA) is 35.5 Å². The SMILES string of the molecule is CC(C)Oc1ccc(OC=O)c(F)c1. The number of rotatable bonds is 4. The highest BCUT2D eigenvalue weighted by molar-refractivity contribution is 5.46. The molecular formula is C10H11FO3. The molecule has 0 aliphatic rings. The maximum absolute atomic E-state index is 13.1. The second-order valence-corrected chi connectivity index (χ2v) is 2.97. The van der Waals surface area contributed by atoms with Gasteiger partial charge in [0.1, 0.15) is 5.75 Å². The molecule has 0 saturated heterocycles. The Morgan fingerprint density at radius 3 is 2.64 bits per heavy atom. The van der Waals surface area contributed by atoms with Gasteiger partial charge in [-0.25, -0.2) is 4.39 Å². The summed E-state index contributed by atoms with van der Waals surface area (Å²) in [7, 11) is 0. The van der Waals surface area contributed by atoms with Crippen LogP contribution < -0.4 is 9.47 Å². The van der Waals surface area contributed by atoms with Crippen LogP contribution in [-0.4, -0.2) is 12.6 Å². The summed E-state index contributed by atoms with van der Waals surface area (Å²) < 4.78 is 22.8. The van der Waals surface area contributed by atoms with Crippen LogP contribution in [0.5, 0.6) is 11.5 Å². The normalized spacial score (nSPS) is 10.0. The van der Waals surface area contributed by atoms with Gasteiger partial charge in [-0.2, -0.15) is 0 Å². The monoisotopic (exact) mass is 198 g/mol. The predicted octanol–water partition coefficient (Wildman–Crippen LogP) is 2.15. The van der Waals surface area contributed by atoms with Crippen molar-refractivity contribution in [3.8, 4) is 11.5 Å². The number of benzene rings is 1. The second-order valence-electron chi connectivity index (χ2n) is 2.97. The summed E-state index contributed by atoms with van der Waals surface area (Å²) in [5.41, 5.74) is 0. The fourth-order valence-electron chi connectivity index (χ4n) is 0.974. The van der Waals surface area contributed by atoms with Crippen molar-refractivity contribution < 1.29 is 18.7 Å². The van der Waals surface area contributed by atoms with Gasteiger partial charge in [-0.1, -0.05) is 0 Å². The van der Waals surface area contributed by atoms with Gasteiger partial charge in [0.15, 0.2) is 11.6 Å². The molecule has 1 rings (SSSR count). The first-order valence-electron chi connectivity index (χ1n) is 4.20. The Balaban J connectivity index is 2.83. The average Bonchev–Trinajstić information content (AvgIpc) is 2.09. The molecule has 4 heteroatoms. The van der Waals surface area contributed by atoms with Crippen LogP contribution in [0.4, 0.5) is 4.39 Å². The molecule has 0 aliphatic heterocycles. The Bertz CT molecular complexity index is 323. The first-order chi connectivity index (χ1) is 6.63. The highest BCUT2D eigenvalue weighted by Crippen LogP contribution is 2.22. The van der Waals surface area contributed by atoms with E-state index in [1.807, 2.05) is 13.8 Å². The van der Waals surface area contributed by atoms with Gasteiger partial charge in [0.05, 0.1) is 6.10 Å². The largest absolute Gasteiger partial charge is 0.491 e. The molecular weight excluding hydrogens is 187 g/mol. The number of ether oxygens (including phenoxy) is 2. The summed E-state index contributed by atoms with van der Waals surface area (Å²) in [6.45, 7) is 3.86. The summed E-state index contributed by atoms with van der Waals surface area (Å²) >= 11 is 0. The Labute approximate surface area is 81.4 Å². The van der Waals surface area contributed by atoms with Crippen molar-refractivity contribution in [3.63, 3.8) is 0 Å². The summed E-state index contributed by atoms with van der Waals surface area (Å²) in [4.78, 5) is 9.97. The van der Waals surface area contributed by atoms with Crippen molar-refractivity contribution in [3.05, 3.63) is 24.0 Å². The summed E-state index contributed by atoms with van der Waals surface area (Å²) in [5.74, 6) is -0.304. The zero-order chi connectivity index (χ0) is 10.6. The van der Waals surface area contributed by atoms with Gasteiger partial charge < -0.3 is 9.47 Å². The average molecular weight is 198 g/mol. The van der Waals surface area contributed by atoms with Crippen LogP contribution in [0.3, 0.4) is 0 Å². The molecule has 0 heterocycles. The Morgan fingerprint density at radius 1 is 1.43 bits per heavy atom. The fraction of sp³-hybridized carbons (Fsp3) is 0.300. The molecule has 1 aromatic carbocycles. The van der Waals surface area contributed by atoms with E-state index in [9.17, 15) is 9.18 Å². The maximum atomic E-state index is 13.1. The van der Waals surface area contributed by atoms with Gasteiger partial charge in [-0.05, 0) is 26.0 Å². The number of halogens is 1. The number of hydrogen-bond acceptors (Lipinski definition) is 3. The lowest BCUT2D eigenvalue weighted by Crippen LogP contribution is -2.05. The van der Waals surface area contributed by atoms with E-state index in [-0.39, 0.29) is 18.3 Å². The Hall–Kier alpha value is -1.58. The van der Waals surface area contributed by atoms with Gasteiger partial charge in [-0.15, -0.1) is 0 Å². The van der Waals surface area contributed by atoms with Gasteiger partial charge in [0.25, 0.3) is 6.47 Å². The number of carbonyl (C=O) groups excluding carboxylic acids is 1. The predicted molar refractivity (Wildman–Crippen MR) is 48.9 cm³/mol. The third-order valence-electron chi connectivity index (χ3n) is 1.45. The van der Waals surface area contributed by atoms with Crippen molar-refractivity contribution in [2.24, 2.45) is 0 Å². The Kier molecular flexibility index (Phi) is 3.45. The minimum absolute atomic E-state index is 0.0211. The van der Waals surface area contributed by atoms with E-state index in [4.69, 9.17) is 4.74 Å². The van der Waals surface area contributed by atoms with Crippen molar-refractivity contribution >= 4 is 6.47 Å². The molecule has 0 spiro atoms. The highest BCUT2D eigenvalue weighted by Gasteiger charge is 2.05. The zero-order valence-corrected chi connectivity index (χ0v) is 7.99. The smallest absolute Gasteiger partial charge is 0.298 e. The zero-order valence-electron chi connectivity index (χ0n) is 7.99. The van der Waals surface area contributed by atoms with Crippen molar-refractivity contribution in [2.75, 3.05) is 0 Å². The van der Waals surface area contributed by atoms with Crippen LogP contribution in [-0.2, 0) is 4.79 Å². The molecule has 0 unspecified atom stereocenters. The minimum atomic E-state index is -0.616. The van der Waals surface area contributed by atoms with E-state index >= 15 is 0 Å². The third-order valence-corrected chi connectivity index (χ3v) is 1.45. The molecule has 0 aromatic heterocycles. The van der Waals surface area contributed by atoms with Gasteiger partial charge in [-0.3, -0.25) is 4.79 Å². The van der Waals surface area contributed by atoms with Crippen LogP contribution in [0.2, 0.25) is 0 Å². The van der Waals surface area contributed by atoms with E-state index in [2.05, 4.69) is 4.74 Å². The molecule has 76 valence electrons. The number of carbonyl (C=O) groups is 1. The minimum Gasteiger partial charge on any atom is -0.491 e. The molecule has 0 N–H and O–H groups in total. The van der Waals surface area contributed by atoms with E-state index in [1.165, 1.54) is 12.1 Å². The highest BCUT2D eigenvalue weighted by atomic mass is 19.1. The summed E-state index contributed by atoms with van der Waals surface area (Å²) in [6, 6.07) is 4.07. The van der Waals surface area contributed by atoms with Gasteiger partial charge in [0, 0.05) is 6.07 Å². The van der Waals surface area contributed by atoms with Crippen LogP contribution in [0.25, 0.3) is 0 Å².